The summed E-state index contributed by atoms with van der Waals surface area (Å²) >= 11 is 0. The van der Waals surface area contributed by atoms with Gasteiger partial charge in [-0.2, -0.15) is 0 Å². The molecule has 0 bridgehead atoms. The molecule has 1 fully saturated rings. The molecule has 6 heteroatoms. The van der Waals surface area contributed by atoms with Gasteiger partial charge >= 0.3 is 6.03 Å². The predicted octanol–water partition coefficient (Wildman–Crippen LogP) is 3.02. The number of carbonyl (C=O) groups excluding carboxylic acids is 2. The van der Waals surface area contributed by atoms with Gasteiger partial charge in [-0.25, -0.2) is 4.79 Å². The first-order valence-electron chi connectivity index (χ1n) is 9.19. The van der Waals surface area contributed by atoms with Crippen LogP contribution in [-0.2, 0) is 11.2 Å². The zero-order valence-corrected chi connectivity index (χ0v) is 15.4. The zero-order valence-electron chi connectivity index (χ0n) is 15.4. The van der Waals surface area contributed by atoms with Gasteiger partial charge in [-0.3, -0.25) is 9.69 Å². The lowest BCUT2D eigenvalue weighted by atomic mass is 10.1. The van der Waals surface area contributed by atoms with E-state index in [-0.39, 0.29) is 25.1 Å². The quantitative estimate of drug-likeness (QED) is 0.691. The fourth-order valence-corrected chi connectivity index (χ4v) is 2.99. The van der Waals surface area contributed by atoms with Crippen LogP contribution in [0, 0.1) is 0 Å². The normalized spacial score (nSPS) is 16.3. The molecule has 1 heterocycles. The Morgan fingerprint density at radius 1 is 0.963 bits per heavy atom. The van der Waals surface area contributed by atoms with Crippen LogP contribution in [0.3, 0.4) is 0 Å². The van der Waals surface area contributed by atoms with Crippen LogP contribution < -0.4 is 14.8 Å². The lowest BCUT2D eigenvalue weighted by molar-refractivity contribution is -0.127. The van der Waals surface area contributed by atoms with Crippen molar-refractivity contribution in [1.82, 2.24) is 10.2 Å². The Kier molecular flexibility index (Phi) is 6.30. The predicted molar refractivity (Wildman–Crippen MR) is 102 cm³/mol. The van der Waals surface area contributed by atoms with Crippen LogP contribution in [0.1, 0.15) is 18.9 Å². The minimum Gasteiger partial charge on any atom is -0.494 e. The number of urea groups is 1. The summed E-state index contributed by atoms with van der Waals surface area (Å²) in [5.74, 6) is 1.26. The smallest absolute Gasteiger partial charge is 0.324 e. The van der Waals surface area contributed by atoms with Crippen LogP contribution in [0.4, 0.5) is 4.79 Å². The molecule has 2 aromatic rings. The van der Waals surface area contributed by atoms with Crippen LogP contribution in [-0.4, -0.2) is 42.6 Å². The Bertz CT molecular complexity index is 762. The van der Waals surface area contributed by atoms with Crippen molar-refractivity contribution in [3.05, 3.63) is 60.2 Å². The van der Waals surface area contributed by atoms with Gasteiger partial charge in [0.2, 0.25) is 0 Å². The molecule has 1 aliphatic rings. The highest BCUT2D eigenvalue weighted by Gasteiger charge is 2.37. The Hall–Kier alpha value is -3.02. The molecule has 2 aromatic carbocycles. The van der Waals surface area contributed by atoms with E-state index < -0.39 is 6.04 Å². The fourth-order valence-electron chi connectivity index (χ4n) is 2.99. The molecule has 0 radical (unpaired) electrons. The van der Waals surface area contributed by atoms with Crippen molar-refractivity contribution in [2.45, 2.75) is 25.8 Å². The number of hydrogen-bond acceptors (Lipinski definition) is 4. The first kappa shape index (κ1) is 18.8. The number of carbonyl (C=O) groups is 2. The summed E-state index contributed by atoms with van der Waals surface area (Å²) < 4.78 is 11.0. The third-order valence-corrected chi connectivity index (χ3v) is 4.39. The lowest BCUT2D eigenvalue weighted by Gasteiger charge is -2.14. The van der Waals surface area contributed by atoms with Crippen molar-refractivity contribution in [2.24, 2.45) is 0 Å². The van der Waals surface area contributed by atoms with E-state index in [1.807, 2.05) is 49.4 Å². The van der Waals surface area contributed by atoms with Gasteiger partial charge in [0.1, 0.15) is 24.1 Å². The number of imide groups is 1. The first-order valence-corrected chi connectivity index (χ1v) is 9.19. The molecular weight excluding hydrogens is 344 g/mol. The average molecular weight is 368 g/mol. The largest absolute Gasteiger partial charge is 0.494 e. The molecule has 1 aliphatic heterocycles. The lowest BCUT2D eigenvalue weighted by Crippen LogP contribution is -2.35. The highest BCUT2D eigenvalue weighted by molar-refractivity contribution is 6.04. The molecule has 0 spiro atoms. The SMILES string of the molecule is CCOc1ccc(OCCN2C(=O)NC(CCc3ccccc3)C2=O)cc1. The minimum atomic E-state index is -0.469. The Morgan fingerprint density at radius 2 is 1.63 bits per heavy atom. The fraction of sp³-hybridized carbons (Fsp3) is 0.333. The second kappa shape index (κ2) is 9.07. The molecule has 3 rings (SSSR count). The van der Waals surface area contributed by atoms with Crippen LogP contribution in [0.2, 0.25) is 0 Å². The minimum absolute atomic E-state index is 0.189. The number of hydrogen-bond donors (Lipinski definition) is 1. The highest BCUT2D eigenvalue weighted by atomic mass is 16.5. The second-order valence-corrected chi connectivity index (χ2v) is 6.27. The van der Waals surface area contributed by atoms with E-state index >= 15 is 0 Å². The molecule has 1 unspecified atom stereocenters. The molecule has 1 saturated heterocycles. The van der Waals surface area contributed by atoms with E-state index in [0.29, 0.717) is 18.8 Å². The standard InChI is InChI=1S/C21H24N2O4/c1-2-26-17-9-11-18(12-10-17)27-15-14-23-20(24)19(22-21(23)25)13-8-16-6-4-3-5-7-16/h3-7,9-12,19H,2,8,13-15H2,1H3,(H,22,25). The maximum atomic E-state index is 12.5. The Morgan fingerprint density at radius 3 is 2.30 bits per heavy atom. The number of nitrogens with one attached hydrogen (secondary N) is 1. The molecule has 0 aliphatic carbocycles. The Balaban J connectivity index is 1.45. The topological polar surface area (TPSA) is 67.9 Å². The summed E-state index contributed by atoms with van der Waals surface area (Å²) in [7, 11) is 0. The number of benzene rings is 2. The van der Waals surface area contributed by atoms with Gasteiger partial charge in [-0.15, -0.1) is 0 Å². The molecule has 1 N–H and O–H groups in total. The summed E-state index contributed by atoms with van der Waals surface area (Å²) in [6.07, 6.45) is 1.33. The number of amides is 3. The second-order valence-electron chi connectivity index (χ2n) is 6.27. The molecule has 142 valence electrons. The van der Waals surface area contributed by atoms with Crippen molar-refractivity contribution < 1.29 is 19.1 Å². The average Bonchev–Trinajstić information content (AvgIpc) is 2.96. The van der Waals surface area contributed by atoms with Gasteiger partial charge in [0.25, 0.3) is 5.91 Å². The number of aryl methyl sites for hydroxylation is 1. The molecule has 3 amide bonds. The molecule has 6 nitrogen and oxygen atoms in total. The monoisotopic (exact) mass is 368 g/mol. The van der Waals surface area contributed by atoms with Crippen molar-refractivity contribution in [1.29, 1.82) is 0 Å². The van der Waals surface area contributed by atoms with E-state index in [1.54, 1.807) is 12.1 Å². The summed E-state index contributed by atoms with van der Waals surface area (Å²) in [6, 6.07) is 16.4. The summed E-state index contributed by atoms with van der Waals surface area (Å²) in [4.78, 5) is 25.8. The summed E-state index contributed by atoms with van der Waals surface area (Å²) in [6.45, 7) is 3.01. The number of nitrogens with zero attached hydrogens (tertiary/aromatic N) is 1. The number of ether oxygens (including phenoxy) is 2. The maximum Gasteiger partial charge on any atom is 0.324 e. The van der Waals surface area contributed by atoms with Gasteiger partial charge in [-0.05, 0) is 49.6 Å². The van der Waals surface area contributed by atoms with E-state index in [2.05, 4.69) is 5.32 Å². The third kappa shape index (κ3) is 5.00. The maximum absolute atomic E-state index is 12.5. The molecule has 0 aromatic heterocycles. The molecule has 27 heavy (non-hydrogen) atoms. The van der Waals surface area contributed by atoms with E-state index in [0.717, 1.165) is 17.7 Å². The zero-order chi connectivity index (χ0) is 19.1. The van der Waals surface area contributed by atoms with Crippen LogP contribution in [0.25, 0.3) is 0 Å². The molecule has 1 atom stereocenters. The van der Waals surface area contributed by atoms with Gasteiger partial charge in [0.15, 0.2) is 0 Å². The molecule has 0 saturated carbocycles. The van der Waals surface area contributed by atoms with E-state index in [9.17, 15) is 9.59 Å². The summed E-state index contributed by atoms with van der Waals surface area (Å²) in [5.41, 5.74) is 1.15. The van der Waals surface area contributed by atoms with Crippen molar-refractivity contribution in [2.75, 3.05) is 19.8 Å². The van der Waals surface area contributed by atoms with Gasteiger partial charge in [0, 0.05) is 0 Å². The van der Waals surface area contributed by atoms with Crippen molar-refractivity contribution >= 4 is 11.9 Å². The van der Waals surface area contributed by atoms with Gasteiger partial charge in [-0.1, -0.05) is 30.3 Å². The van der Waals surface area contributed by atoms with E-state index in [4.69, 9.17) is 9.47 Å². The highest BCUT2D eigenvalue weighted by Crippen LogP contribution is 2.18. The Labute approximate surface area is 159 Å². The van der Waals surface area contributed by atoms with Crippen molar-refractivity contribution in [3.63, 3.8) is 0 Å². The van der Waals surface area contributed by atoms with Crippen LogP contribution in [0.15, 0.2) is 54.6 Å². The number of rotatable bonds is 9. The van der Waals surface area contributed by atoms with Crippen LogP contribution in [0.5, 0.6) is 11.5 Å². The first-order chi connectivity index (χ1) is 13.2. The molecular formula is C21H24N2O4. The van der Waals surface area contributed by atoms with Crippen molar-refractivity contribution in [3.8, 4) is 11.5 Å². The van der Waals surface area contributed by atoms with E-state index in [1.165, 1.54) is 4.90 Å². The van der Waals surface area contributed by atoms with Gasteiger partial charge < -0.3 is 14.8 Å². The van der Waals surface area contributed by atoms with Gasteiger partial charge in [0.05, 0.1) is 13.2 Å². The third-order valence-electron chi connectivity index (χ3n) is 4.39. The summed E-state index contributed by atoms with van der Waals surface area (Å²) in [5, 5.41) is 2.76. The van der Waals surface area contributed by atoms with Crippen LogP contribution >= 0.6 is 0 Å².